The zero-order valence-corrected chi connectivity index (χ0v) is 12.9. The molecule has 0 saturated carbocycles. The lowest BCUT2D eigenvalue weighted by Crippen LogP contribution is -2.62. The first-order valence-corrected chi connectivity index (χ1v) is 7.47. The average Bonchev–Trinajstić information content (AvgIpc) is 2.55. The number of nitrogens with zero attached hydrogens (tertiary/aromatic N) is 3. The van der Waals surface area contributed by atoms with Gasteiger partial charge in [-0.05, 0) is 24.9 Å². The Hall–Kier alpha value is -2.92. The molecule has 3 heterocycles. The second kappa shape index (κ2) is 8.08. The van der Waals surface area contributed by atoms with E-state index in [1.807, 2.05) is 12.3 Å². The van der Waals surface area contributed by atoms with E-state index in [4.69, 9.17) is 15.5 Å². The van der Waals surface area contributed by atoms with E-state index in [0.717, 1.165) is 24.7 Å². The highest BCUT2D eigenvalue weighted by Crippen LogP contribution is 2.27. The number of fused-ring (bicyclic) bond motifs is 1. The van der Waals surface area contributed by atoms with Crippen molar-refractivity contribution >= 4 is 17.6 Å². The number of piperidine rings is 1. The number of nitriles is 1. The molecule has 2 aliphatic rings. The second-order valence-electron chi connectivity index (χ2n) is 5.56. The zero-order chi connectivity index (χ0) is 17.5. The third-order valence-corrected chi connectivity index (χ3v) is 3.98. The molecule has 2 unspecified atom stereocenters. The van der Waals surface area contributed by atoms with Crippen molar-refractivity contribution in [2.24, 2.45) is 5.92 Å². The maximum absolute atomic E-state index is 9.55. The summed E-state index contributed by atoms with van der Waals surface area (Å²) in [4.78, 5) is 25.5. The van der Waals surface area contributed by atoms with Gasteiger partial charge in [-0.15, -0.1) is 0 Å². The van der Waals surface area contributed by atoms with Crippen LogP contribution in [0.3, 0.4) is 0 Å². The Bertz CT molecular complexity index is 667. The number of carbonyl (C=O) groups is 2. The number of anilines is 1. The summed E-state index contributed by atoms with van der Waals surface area (Å²) in [6.45, 7) is 3.30. The van der Waals surface area contributed by atoms with Gasteiger partial charge in [0, 0.05) is 37.5 Å². The first kappa shape index (κ1) is 17.4. The molecule has 8 heteroatoms. The van der Waals surface area contributed by atoms with Crippen LogP contribution in [-0.4, -0.2) is 52.8 Å². The first-order valence-electron chi connectivity index (χ1n) is 7.47. The predicted octanol–water partition coefficient (Wildman–Crippen LogP) is 0.463. The Labute approximate surface area is 139 Å². The summed E-state index contributed by atoms with van der Waals surface area (Å²) in [5, 5.41) is 27.9. The summed E-state index contributed by atoms with van der Waals surface area (Å²) in [5.41, 5.74) is 1.72. The normalized spacial score (nSPS) is 21.7. The number of carboxylic acid groups (broad SMARTS) is 2. The highest BCUT2D eigenvalue weighted by atomic mass is 16.4. The van der Waals surface area contributed by atoms with Crippen LogP contribution >= 0.6 is 0 Å². The fraction of sp³-hybridized carbons (Fsp3) is 0.375. The van der Waals surface area contributed by atoms with Crippen molar-refractivity contribution in [3.05, 3.63) is 36.2 Å². The maximum Gasteiger partial charge on any atom is 0.328 e. The molecular weight excluding hydrogens is 312 g/mol. The van der Waals surface area contributed by atoms with E-state index in [-0.39, 0.29) is 0 Å². The molecule has 2 fully saturated rings. The number of pyridine rings is 1. The summed E-state index contributed by atoms with van der Waals surface area (Å²) < 4.78 is 0. The van der Waals surface area contributed by atoms with Crippen LogP contribution in [0.25, 0.3) is 0 Å². The van der Waals surface area contributed by atoms with Gasteiger partial charge < -0.3 is 20.4 Å². The molecule has 0 radical (unpaired) electrons. The van der Waals surface area contributed by atoms with Gasteiger partial charge >= 0.3 is 11.9 Å². The van der Waals surface area contributed by atoms with Gasteiger partial charge in [-0.2, -0.15) is 5.26 Å². The molecule has 24 heavy (non-hydrogen) atoms. The minimum atomic E-state index is -1.26. The smallest absolute Gasteiger partial charge is 0.328 e. The molecular formula is C16H18N4O4. The third kappa shape index (κ3) is 4.79. The van der Waals surface area contributed by atoms with Crippen LogP contribution in [0, 0.1) is 17.2 Å². The van der Waals surface area contributed by atoms with Gasteiger partial charge in [0.25, 0.3) is 0 Å². The number of aliphatic carboxylic acids is 2. The van der Waals surface area contributed by atoms with Gasteiger partial charge in [0.2, 0.25) is 0 Å². The molecule has 2 atom stereocenters. The first-order chi connectivity index (χ1) is 11.5. The van der Waals surface area contributed by atoms with Crippen molar-refractivity contribution in [1.29, 1.82) is 5.26 Å². The summed E-state index contributed by atoms with van der Waals surface area (Å²) >= 11 is 0. The van der Waals surface area contributed by atoms with Crippen LogP contribution in [0.4, 0.5) is 5.69 Å². The fourth-order valence-corrected chi connectivity index (χ4v) is 2.66. The molecule has 1 aromatic heterocycles. The van der Waals surface area contributed by atoms with E-state index in [9.17, 15) is 9.59 Å². The van der Waals surface area contributed by atoms with Crippen LogP contribution < -0.4 is 10.2 Å². The quantitative estimate of drug-likeness (QED) is 0.682. The Kier molecular flexibility index (Phi) is 5.87. The molecule has 126 valence electrons. The number of hydrogen-bond donors (Lipinski definition) is 3. The summed E-state index contributed by atoms with van der Waals surface area (Å²) in [6.07, 6.45) is 5.82. The molecule has 2 saturated heterocycles. The molecule has 0 aliphatic carbocycles. The SMILES string of the molecule is N#Cc1cncc(N2CCC3CNC3C2)c1.O=C(O)C=CC(=O)O. The monoisotopic (exact) mass is 330 g/mol. The summed E-state index contributed by atoms with van der Waals surface area (Å²) in [6, 6.07) is 4.70. The van der Waals surface area contributed by atoms with Gasteiger partial charge in [0.05, 0.1) is 17.4 Å². The molecule has 3 rings (SSSR count). The van der Waals surface area contributed by atoms with E-state index in [1.165, 1.54) is 13.0 Å². The molecule has 2 aliphatic heterocycles. The second-order valence-corrected chi connectivity index (χ2v) is 5.56. The van der Waals surface area contributed by atoms with E-state index in [0.29, 0.717) is 23.8 Å². The largest absolute Gasteiger partial charge is 0.478 e. The molecule has 0 aromatic carbocycles. The van der Waals surface area contributed by atoms with Crippen LogP contribution in [-0.2, 0) is 9.59 Å². The van der Waals surface area contributed by atoms with Crippen LogP contribution in [0.2, 0.25) is 0 Å². The van der Waals surface area contributed by atoms with Crippen molar-refractivity contribution in [3.8, 4) is 6.07 Å². The highest BCUT2D eigenvalue weighted by molar-refractivity contribution is 5.89. The van der Waals surface area contributed by atoms with Crippen molar-refractivity contribution in [2.75, 3.05) is 24.5 Å². The summed E-state index contributed by atoms with van der Waals surface area (Å²) in [5.74, 6) is -1.65. The lowest BCUT2D eigenvalue weighted by atomic mass is 9.85. The maximum atomic E-state index is 9.55. The highest BCUT2D eigenvalue weighted by Gasteiger charge is 2.35. The predicted molar refractivity (Wildman–Crippen MR) is 85.5 cm³/mol. The average molecular weight is 330 g/mol. The molecule has 1 aromatic rings. The van der Waals surface area contributed by atoms with Crippen molar-refractivity contribution in [1.82, 2.24) is 10.3 Å². The van der Waals surface area contributed by atoms with E-state index in [1.54, 1.807) is 6.20 Å². The summed E-state index contributed by atoms with van der Waals surface area (Å²) in [7, 11) is 0. The number of hydrogen-bond acceptors (Lipinski definition) is 6. The van der Waals surface area contributed by atoms with E-state index >= 15 is 0 Å². The minimum Gasteiger partial charge on any atom is -0.478 e. The topological polar surface area (TPSA) is 127 Å². The minimum absolute atomic E-state index is 0.558. The number of nitrogens with one attached hydrogen (secondary N) is 1. The van der Waals surface area contributed by atoms with Crippen LogP contribution in [0.5, 0.6) is 0 Å². The molecule has 8 nitrogen and oxygen atoms in total. The molecule has 0 bridgehead atoms. The van der Waals surface area contributed by atoms with Crippen molar-refractivity contribution < 1.29 is 19.8 Å². The Morgan fingerprint density at radius 3 is 2.54 bits per heavy atom. The number of rotatable bonds is 3. The van der Waals surface area contributed by atoms with Gasteiger partial charge in [0.1, 0.15) is 6.07 Å². The Morgan fingerprint density at radius 1 is 1.33 bits per heavy atom. The van der Waals surface area contributed by atoms with Crippen LogP contribution in [0.15, 0.2) is 30.6 Å². The third-order valence-electron chi connectivity index (χ3n) is 3.98. The van der Waals surface area contributed by atoms with Gasteiger partial charge in [-0.1, -0.05) is 0 Å². The number of aromatic nitrogens is 1. The van der Waals surface area contributed by atoms with Gasteiger partial charge in [-0.3, -0.25) is 4.98 Å². The van der Waals surface area contributed by atoms with Gasteiger partial charge in [0.15, 0.2) is 0 Å². The Balaban J connectivity index is 0.000000224. The van der Waals surface area contributed by atoms with Crippen molar-refractivity contribution in [2.45, 2.75) is 12.5 Å². The molecule has 3 N–H and O–H groups in total. The van der Waals surface area contributed by atoms with E-state index in [2.05, 4.69) is 21.3 Å². The lowest BCUT2D eigenvalue weighted by molar-refractivity contribution is -0.134. The van der Waals surface area contributed by atoms with Crippen LogP contribution in [0.1, 0.15) is 12.0 Å². The molecule has 0 spiro atoms. The Morgan fingerprint density at radius 2 is 2.04 bits per heavy atom. The lowest BCUT2D eigenvalue weighted by Gasteiger charge is -2.47. The van der Waals surface area contributed by atoms with E-state index < -0.39 is 11.9 Å². The van der Waals surface area contributed by atoms with Gasteiger partial charge in [-0.25, -0.2) is 9.59 Å². The molecule has 0 amide bonds. The van der Waals surface area contributed by atoms with Crippen molar-refractivity contribution in [3.63, 3.8) is 0 Å². The zero-order valence-electron chi connectivity index (χ0n) is 12.9. The number of carboxylic acids is 2. The fourth-order valence-electron chi connectivity index (χ4n) is 2.66. The standard InChI is InChI=1S/C12H14N4.C4H4O4/c13-4-9-3-11(7-14-5-9)16-2-1-10-6-15-12(10)8-16;5-3(6)1-2-4(7)8/h3,5,7,10,12,15H,1-2,6,8H2;1-2H,(H,5,6)(H,7,8).